The number of benzene rings is 2. The number of H-pyrrole nitrogens is 1. The largest absolute Gasteiger partial charge is 0.457 e. The summed E-state index contributed by atoms with van der Waals surface area (Å²) in [6, 6.07) is 17.9. The number of anilines is 1. The first-order valence-corrected chi connectivity index (χ1v) is 8.05. The molecule has 6 heteroatoms. The fraction of sp³-hybridized carbons (Fsp3) is 0.100. The van der Waals surface area contributed by atoms with Crippen molar-refractivity contribution in [3.05, 3.63) is 78.1 Å². The SMILES string of the molecule is Cc1ccc(Oc2ccc(NC(=O)COC(=O)c3ccc[nH]3)cc2)cc1. The Balaban J connectivity index is 1.49. The maximum Gasteiger partial charge on any atom is 0.355 e. The zero-order valence-electron chi connectivity index (χ0n) is 14.2. The van der Waals surface area contributed by atoms with Crippen LogP contribution in [0.15, 0.2) is 66.9 Å². The van der Waals surface area contributed by atoms with E-state index in [-0.39, 0.29) is 6.61 Å². The molecule has 26 heavy (non-hydrogen) atoms. The Hall–Kier alpha value is -3.54. The van der Waals surface area contributed by atoms with Crippen LogP contribution < -0.4 is 10.1 Å². The Bertz CT molecular complexity index is 869. The van der Waals surface area contributed by atoms with Gasteiger partial charge < -0.3 is 19.8 Å². The van der Waals surface area contributed by atoms with E-state index in [1.165, 1.54) is 0 Å². The lowest BCUT2D eigenvalue weighted by molar-refractivity contribution is -0.119. The first kappa shape index (κ1) is 17.3. The first-order chi connectivity index (χ1) is 12.6. The highest BCUT2D eigenvalue weighted by molar-refractivity contribution is 5.94. The average Bonchev–Trinajstić information content (AvgIpc) is 3.18. The van der Waals surface area contributed by atoms with Gasteiger partial charge in [-0.25, -0.2) is 4.79 Å². The summed E-state index contributed by atoms with van der Waals surface area (Å²) in [7, 11) is 0. The number of rotatable bonds is 6. The van der Waals surface area contributed by atoms with Crippen molar-refractivity contribution in [3.63, 3.8) is 0 Å². The number of aromatic nitrogens is 1. The molecule has 0 unspecified atom stereocenters. The number of esters is 1. The maximum atomic E-state index is 11.9. The second kappa shape index (κ2) is 8.02. The van der Waals surface area contributed by atoms with Gasteiger partial charge in [-0.05, 0) is 55.5 Å². The van der Waals surface area contributed by atoms with Crippen LogP contribution in [0.1, 0.15) is 16.1 Å². The van der Waals surface area contributed by atoms with Crippen molar-refractivity contribution in [1.82, 2.24) is 4.98 Å². The average molecular weight is 350 g/mol. The molecule has 132 valence electrons. The van der Waals surface area contributed by atoms with Crippen molar-refractivity contribution in [2.24, 2.45) is 0 Å². The van der Waals surface area contributed by atoms with E-state index in [9.17, 15) is 9.59 Å². The molecule has 0 aliphatic rings. The zero-order valence-corrected chi connectivity index (χ0v) is 14.2. The van der Waals surface area contributed by atoms with Crippen molar-refractivity contribution in [3.8, 4) is 11.5 Å². The Morgan fingerprint density at radius 1 is 0.962 bits per heavy atom. The number of aromatic amines is 1. The molecular formula is C20H18N2O4. The van der Waals surface area contributed by atoms with Gasteiger partial charge in [0.15, 0.2) is 6.61 Å². The Labute approximate surface area is 150 Å². The number of carbonyl (C=O) groups excluding carboxylic acids is 2. The van der Waals surface area contributed by atoms with Gasteiger partial charge in [-0.3, -0.25) is 4.79 Å². The molecule has 0 radical (unpaired) electrons. The van der Waals surface area contributed by atoms with Crippen LogP contribution >= 0.6 is 0 Å². The second-order valence-electron chi connectivity index (χ2n) is 5.65. The van der Waals surface area contributed by atoms with Crippen molar-refractivity contribution in [2.45, 2.75) is 6.92 Å². The third-order valence-corrected chi connectivity index (χ3v) is 3.55. The summed E-state index contributed by atoms with van der Waals surface area (Å²) in [5.74, 6) is 0.401. The van der Waals surface area contributed by atoms with Gasteiger partial charge in [0.05, 0.1) is 0 Å². The van der Waals surface area contributed by atoms with E-state index in [4.69, 9.17) is 9.47 Å². The van der Waals surface area contributed by atoms with E-state index in [2.05, 4.69) is 10.3 Å². The van der Waals surface area contributed by atoms with E-state index in [1.807, 2.05) is 31.2 Å². The number of hydrogen-bond acceptors (Lipinski definition) is 4. The molecule has 6 nitrogen and oxygen atoms in total. The molecule has 2 N–H and O–H groups in total. The molecule has 1 amide bonds. The highest BCUT2D eigenvalue weighted by Gasteiger charge is 2.10. The molecule has 1 aromatic heterocycles. The Kier molecular flexibility index (Phi) is 5.34. The summed E-state index contributed by atoms with van der Waals surface area (Å²) in [5.41, 5.74) is 2.05. The van der Waals surface area contributed by atoms with Gasteiger partial charge in [-0.1, -0.05) is 17.7 Å². The molecule has 0 atom stereocenters. The predicted molar refractivity (Wildman–Crippen MR) is 97.4 cm³/mol. The monoisotopic (exact) mass is 350 g/mol. The predicted octanol–water partition coefficient (Wildman–Crippen LogP) is 3.91. The maximum absolute atomic E-state index is 11.9. The second-order valence-corrected chi connectivity index (χ2v) is 5.65. The highest BCUT2D eigenvalue weighted by atomic mass is 16.5. The summed E-state index contributed by atoms with van der Waals surface area (Å²) < 4.78 is 10.7. The lowest BCUT2D eigenvalue weighted by Crippen LogP contribution is -2.21. The summed E-state index contributed by atoms with van der Waals surface area (Å²) in [6.07, 6.45) is 1.61. The van der Waals surface area contributed by atoms with Gasteiger partial charge in [0.25, 0.3) is 5.91 Å². The fourth-order valence-electron chi connectivity index (χ4n) is 2.21. The van der Waals surface area contributed by atoms with Crippen LogP contribution in [-0.4, -0.2) is 23.5 Å². The summed E-state index contributed by atoms with van der Waals surface area (Å²) in [4.78, 5) is 26.2. The Morgan fingerprint density at radius 2 is 1.62 bits per heavy atom. The van der Waals surface area contributed by atoms with Gasteiger partial charge in [-0.15, -0.1) is 0 Å². The van der Waals surface area contributed by atoms with Crippen molar-refractivity contribution < 1.29 is 19.1 Å². The van der Waals surface area contributed by atoms with Crippen LogP contribution in [0.2, 0.25) is 0 Å². The molecule has 0 spiro atoms. The number of aryl methyl sites for hydroxylation is 1. The number of ether oxygens (including phenoxy) is 2. The summed E-state index contributed by atoms with van der Waals surface area (Å²) in [5, 5.41) is 2.66. The fourth-order valence-corrected chi connectivity index (χ4v) is 2.21. The molecule has 2 aromatic carbocycles. The topological polar surface area (TPSA) is 80.4 Å². The van der Waals surface area contributed by atoms with Crippen LogP contribution in [0.25, 0.3) is 0 Å². The lowest BCUT2D eigenvalue weighted by atomic mass is 10.2. The van der Waals surface area contributed by atoms with Crippen LogP contribution in [0.5, 0.6) is 11.5 Å². The first-order valence-electron chi connectivity index (χ1n) is 8.05. The molecule has 1 heterocycles. The minimum atomic E-state index is -0.577. The molecule has 0 bridgehead atoms. The van der Waals surface area contributed by atoms with Gasteiger partial charge in [0.1, 0.15) is 17.2 Å². The van der Waals surface area contributed by atoms with Gasteiger partial charge in [0, 0.05) is 11.9 Å². The molecule has 0 saturated heterocycles. The summed E-state index contributed by atoms with van der Waals surface area (Å²) >= 11 is 0. The minimum Gasteiger partial charge on any atom is -0.457 e. The number of amides is 1. The van der Waals surface area contributed by atoms with Crippen molar-refractivity contribution >= 4 is 17.6 Å². The minimum absolute atomic E-state index is 0.301. The normalized spacial score (nSPS) is 10.2. The highest BCUT2D eigenvalue weighted by Crippen LogP contribution is 2.23. The zero-order chi connectivity index (χ0) is 18.4. The van der Waals surface area contributed by atoms with E-state index in [0.29, 0.717) is 17.1 Å². The lowest BCUT2D eigenvalue weighted by Gasteiger charge is -2.08. The molecule has 0 saturated carbocycles. The van der Waals surface area contributed by atoms with E-state index < -0.39 is 11.9 Å². The summed E-state index contributed by atoms with van der Waals surface area (Å²) in [6.45, 7) is 1.65. The Morgan fingerprint density at radius 3 is 2.23 bits per heavy atom. The number of nitrogens with one attached hydrogen (secondary N) is 2. The molecule has 0 aliphatic carbocycles. The van der Waals surface area contributed by atoms with Crippen LogP contribution in [0.4, 0.5) is 5.69 Å². The van der Waals surface area contributed by atoms with Gasteiger partial charge in [0.2, 0.25) is 0 Å². The van der Waals surface area contributed by atoms with Gasteiger partial charge in [-0.2, -0.15) is 0 Å². The smallest absolute Gasteiger partial charge is 0.355 e. The van der Waals surface area contributed by atoms with Crippen LogP contribution in [0.3, 0.4) is 0 Å². The number of carbonyl (C=O) groups is 2. The number of hydrogen-bond donors (Lipinski definition) is 2. The van der Waals surface area contributed by atoms with Gasteiger partial charge >= 0.3 is 5.97 Å². The third-order valence-electron chi connectivity index (χ3n) is 3.55. The third kappa shape index (κ3) is 4.73. The van der Waals surface area contributed by atoms with E-state index in [0.717, 1.165) is 11.3 Å². The standard InChI is InChI=1S/C20H18N2O4/c1-14-4-8-16(9-5-14)26-17-10-6-15(7-11-17)22-19(23)13-25-20(24)18-3-2-12-21-18/h2-12,21H,13H2,1H3,(H,22,23). The van der Waals surface area contributed by atoms with Crippen LogP contribution in [0, 0.1) is 6.92 Å². The van der Waals surface area contributed by atoms with Crippen LogP contribution in [-0.2, 0) is 9.53 Å². The van der Waals surface area contributed by atoms with E-state index in [1.54, 1.807) is 42.6 Å². The molecule has 0 fully saturated rings. The quantitative estimate of drug-likeness (QED) is 0.661. The van der Waals surface area contributed by atoms with E-state index >= 15 is 0 Å². The molecular weight excluding hydrogens is 332 g/mol. The molecule has 0 aliphatic heterocycles. The van der Waals surface area contributed by atoms with Crippen molar-refractivity contribution in [2.75, 3.05) is 11.9 Å². The molecule has 3 rings (SSSR count). The van der Waals surface area contributed by atoms with Crippen molar-refractivity contribution in [1.29, 1.82) is 0 Å². The molecule has 3 aromatic rings.